The number of hydrogen-bond donors (Lipinski definition) is 2. The van der Waals surface area contributed by atoms with Gasteiger partial charge in [-0.25, -0.2) is 10.8 Å². The highest BCUT2D eigenvalue weighted by Gasteiger charge is 2.20. The zero-order valence-corrected chi connectivity index (χ0v) is 11.5. The first-order valence-electron chi connectivity index (χ1n) is 6.59. The van der Waals surface area contributed by atoms with Gasteiger partial charge in [-0.3, -0.25) is 4.79 Å². The minimum atomic E-state index is -0.0958. The average molecular weight is 287 g/mol. The maximum Gasteiger partial charge on any atom is 0.283 e. The van der Waals surface area contributed by atoms with Crippen molar-refractivity contribution in [2.75, 3.05) is 5.43 Å². The number of fused-ring (bicyclic) bond motifs is 4. The van der Waals surface area contributed by atoms with Crippen LogP contribution in [0.2, 0.25) is 0 Å². The quantitative estimate of drug-likeness (QED) is 0.523. The highest BCUT2D eigenvalue weighted by molar-refractivity contribution is 7.18. The van der Waals surface area contributed by atoms with Crippen molar-refractivity contribution in [3.8, 4) is 0 Å². The molecular weight excluding hydrogens is 274 g/mol. The van der Waals surface area contributed by atoms with Crippen LogP contribution in [-0.2, 0) is 12.8 Å². The first-order chi connectivity index (χ1) is 9.78. The number of nitrogen functional groups attached to an aromatic ring is 1. The molecule has 0 saturated heterocycles. The number of nitrogens with zero attached hydrogens (tertiary/aromatic N) is 3. The van der Waals surface area contributed by atoms with Crippen LogP contribution in [0.15, 0.2) is 16.9 Å². The smallest absolute Gasteiger partial charge is 0.283 e. The Morgan fingerprint density at radius 1 is 1.30 bits per heavy atom. The molecule has 0 aromatic carbocycles. The van der Waals surface area contributed by atoms with Crippen molar-refractivity contribution in [3.63, 3.8) is 0 Å². The van der Waals surface area contributed by atoms with E-state index in [4.69, 9.17) is 5.84 Å². The maximum atomic E-state index is 12.7. The summed E-state index contributed by atoms with van der Waals surface area (Å²) < 4.78 is 1.33. The van der Waals surface area contributed by atoms with Crippen LogP contribution < -0.4 is 16.8 Å². The maximum absolute atomic E-state index is 12.7. The molecule has 3 heterocycles. The number of hydrogen-bond acceptors (Lipinski definition) is 6. The molecule has 3 aromatic heterocycles. The molecule has 1 aliphatic carbocycles. The molecule has 3 aromatic rings. The molecule has 7 heteroatoms. The molecule has 102 valence electrons. The van der Waals surface area contributed by atoms with Crippen LogP contribution in [-0.4, -0.2) is 14.6 Å². The van der Waals surface area contributed by atoms with Crippen molar-refractivity contribution < 1.29 is 0 Å². The van der Waals surface area contributed by atoms with Crippen LogP contribution in [0.3, 0.4) is 0 Å². The second kappa shape index (κ2) is 4.26. The van der Waals surface area contributed by atoms with Crippen LogP contribution in [0.25, 0.3) is 15.9 Å². The summed E-state index contributed by atoms with van der Waals surface area (Å²) in [7, 11) is 0. The fraction of sp³-hybridized carbons (Fsp3) is 0.308. The van der Waals surface area contributed by atoms with Gasteiger partial charge in [0.15, 0.2) is 11.5 Å². The second-order valence-electron chi connectivity index (χ2n) is 4.94. The van der Waals surface area contributed by atoms with E-state index < -0.39 is 0 Å². The third-order valence-corrected chi connectivity index (χ3v) is 4.92. The van der Waals surface area contributed by atoms with Gasteiger partial charge in [-0.1, -0.05) is 0 Å². The van der Waals surface area contributed by atoms with Gasteiger partial charge < -0.3 is 5.43 Å². The van der Waals surface area contributed by atoms with E-state index in [2.05, 4.69) is 15.5 Å². The Morgan fingerprint density at radius 2 is 2.15 bits per heavy atom. The molecular formula is C13H13N5OS. The Morgan fingerprint density at radius 3 is 3.00 bits per heavy atom. The lowest BCUT2D eigenvalue weighted by atomic mass is 9.97. The lowest BCUT2D eigenvalue weighted by molar-refractivity contribution is 0.699. The Bertz CT molecular complexity index is 882. The predicted octanol–water partition coefficient (Wildman–Crippen LogP) is 1.47. The first kappa shape index (κ1) is 11.8. The van der Waals surface area contributed by atoms with Crippen molar-refractivity contribution in [3.05, 3.63) is 32.9 Å². The van der Waals surface area contributed by atoms with Gasteiger partial charge in [0, 0.05) is 4.88 Å². The molecule has 3 N–H and O–H groups in total. The van der Waals surface area contributed by atoms with Crippen molar-refractivity contribution in [2.24, 2.45) is 5.84 Å². The Hall–Kier alpha value is -1.99. The van der Waals surface area contributed by atoms with E-state index >= 15 is 0 Å². The van der Waals surface area contributed by atoms with Crippen LogP contribution in [0.4, 0.5) is 5.82 Å². The number of aryl methyl sites for hydroxylation is 2. The van der Waals surface area contributed by atoms with Gasteiger partial charge in [0.1, 0.15) is 4.83 Å². The lowest BCUT2D eigenvalue weighted by Gasteiger charge is -2.09. The largest absolute Gasteiger partial charge is 0.307 e. The summed E-state index contributed by atoms with van der Waals surface area (Å²) in [6.45, 7) is 0. The van der Waals surface area contributed by atoms with E-state index in [1.807, 2.05) is 0 Å². The van der Waals surface area contributed by atoms with Gasteiger partial charge in [0.2, 0.25) is 0 Å². The molecule has 0 atom stereocenters. The molecule has 0 saturated carbocycles. The molecule has 6 nitrogen and oxygen atoms in total. The highest BCUT2D eigenvalue weighted by atomic mass is 32.1. The van der Waals surface area contributed by atoms with Crippen molar-refractivity contribution in [2.45, 2.75) is 25.7 Å². The van der Waals surface area contributed by atoms with Crippen LogP contribution in [0.5, 0.6) is 0 Å². The number of anilines is 1. The number of aromatic nitrogens is 3. The average Bonchev–Trinajstić information content (AvgIpc) is 2.85. The zero-order chi connectivity index (χ0) is 13.7. The van der Waals surface area contributed by atoms with Gasteiger partial charge in [0.25, 0.3) is 5.56 Å². The summed E-state index contributed by atoms with van der Waals surface area (Å²) in [4.78, 5) is 19.4. The third kappa shape index (κ3) is 1.56. The minimum Gasteiger partial charge on any atom is -0.307 e. The molecule has 0 fully saturated rings. The van der Waals surface area contributed by atoms with E-state index in [9.17, 15) is 4.79 Å². The topological polar surface area (TPSA) is 85.3 Å². The molecule has 0 bridgehead atoms. The summed E-state index contributed by atoms with van der Waals surface area (Å²) in [5, 5.41) is 4.92. The van der Waals surface area contributed by atoms with Gasteiger partial charge >= 0.3 is 0 Å². The van der Waals surface area contributed by atoms with E-state index in [1.165, 1.54) is 21.4 Å². The normalized spacial score (nSPS) is 14.7. The molecule has 20 heavy (non-hydrogen) atoms. The van der Waals surface area contributed by atoms with Gasteiger partial charge in [-0.05, 0) is 43.4 Å². The van der Waals surface area contributed by atoms with Crippen molar-refractivity contribution in [1.82, 2.24) is 14.6 Å². The number of hydrazine groups is 1. The fourth-order valence-electron chi connectivity index (χ4n) is 2.79. The van der Waals surface area contributed by atoms with E-state index in [1.54, 1.807) is 23.5 Å². The van der Waals surface area contributed by atoms with Gasteiger partial charge in [0.05, 0.1) is 5.39 Å². The molecule has 1 aliphatic rings. The van der Waals surface area contributed by atoms with Crippen LogP contribution in [0, 0.1) is 0 Å². The Labute approximate surface area is 118 Å². The zero-order valence-electron chi connectivity index (χ0n) is 10.7. The number of rotatable bonds is 1. The van der Waals surface area contributed by atoms with Gasteiger partial charge in [-0.15, -0.1) is 16.4 Å². The van der Waals surface area contributed by atoms with Crippen LogP contribution >= 0.6 is 11.3 Å². The fourth-order valence-corrected chi connectivity index (χ4v) is 4.05. The Balaban J connectivity index is 2.13. The summed E-state index contributed by atoms with van der Waals surface area (Å²) in [5.41, 5.74) is 4.09. The van der Waals surface area contributed by atoms with E-state index in [0.717, 1.165) is 29.5 Å². The minimum absolute atomic E-state index is 0.0958. The van der Waals surface area contributed by atoms with Crippen LogP contribution in [0.1, 0.15) is 23.3 Å². The first-order valence-corrected chi connectivity index (χ1v) is 7.40. The summed E-state index contributed by atoms with van der Waals surface area (Å²) in [6.07, 6.45) is 4.35. The number of thiophene rings is 1. The second-order valence-corrected chi connectivity index (χ2v) is 6.02. The SMILES string of the molecule is NNc1ccc2nc3sc4c(c3c(=O)n2n1)CCCC4. The molecule has 0 amide bonds. The summed E-state index contributed by atoms with van der Waals surface area (Å²) in [6, 6.07) is 3.46. The highest BCUT2D eigenvalue weighted by Crippen LogP contribution is 2.33. The summed E-state index contributed by atoms with van der Waals surface area (Å²) >= 11 is 1.65. The van der Waals surface area contributed by atoms with Crippen molar-refractivity contribution in [1.29, 1.82) is 0 Å². The molecule has 4 rings (SSSR count). The van der Waals surface area contributed by atoms with Gasteiger partial charge in [-0.2, -0.15) is 4.52 Å². The summed E-state index contributed by atoms with van der Waals surface area (Å²) in [5.74, 6) is 5.80. The molecule has 0 unspecified atom stereocenters. The number of nitrogens with one attached hydrogen (secondary N) is 1. The van der Waals surface area contributed by atoms with Crippen molar-refractivity contribution >= 4 is 33.0 Å². The molecule has 0 radical (unpaired) electrons. The number of nitrogens with two attached hydrogens (primary N) is 1. The monoisotopic (exact) mass is 287 g/mol. The standard InChI is InChI=1S/C13H13N5OS/c14-16-9-5-6-10-15-12-11(13(19)18(10)17-9)7-3-1-2-4-8(7)20-12/h5-6H,1-4,14H2,(H,16,17). The lowest BCUT2D eigenvalue weighted by Crippen LogP contribution is -2.20. The molecule has 0 aliphatic heterocycles. The Kier molecular flexibility index (Phi) is 2.51. The molecule has 0 spiro atoms. The predicted molar refractivity (Wildman–Crippen MR) is 79.1 cm³/mol. The third-order valence-electron chi connectivity index (χ3n) is 3.74. The van der Waals surface area contributed by atoms with E-state index in [-0.39, 0.29) is 5.56 Å². The van der Waals surface area contributed by atoms with E-state index in [0.29, 0.717) is 11.5 Å².